The lowest BCUT2D eigenvalue weighted by atomic mass is 9.87. The van der Waals surface area contributed by atoms with Gasteiger partial charge in [-0.1, -0.05) is 36.4 Å². The van der Waals surface area contributed by atoms with Crippen LogP contribution in [-0.4, -0.2) is 24.2 Å². The number of fused-ring (bicyclic) bond motifs is 2. The van der Waals surface area contributed by atoms with Crippen molar-refractivity contribution in [1.82, 2.24) is 5.32 Å². The van der Waals surface area contributed by atoms with Gasteiger partial charge in [0.15, 0.2) is 0 Å². The monoisotopic (exact) mass is 283 g/mol. The average molecular weight is 283 g/mol. The molecule has 2 aromatic rings. The highest BCUT2D eigenvalue weighted by Gasteiger charge is 2.31. The lowest BCUT2D eigenvalue weighted by Crippen LogP contribution is -2.32. The second kappa shape index (κ2) is 5.97. The number of aliphatic hydroxyl groups excluding tert-OH is 1. The number of nitrogens with one attached hydrogen (secondary N) is 1. The highest BCUT2D eigenvalue weighted by molar-refractivity contribution is 5.89. The van der Waals surface area contributed by atoms with E-state index in [1.54, 1.807) is 0 Å². The molecule has 0 bridgehead atoms. The quantitative estimate of drug-likeness (QED) is 0.847. The lowest BCUT2D eigenvalue weighted by Gasteiger charge is -2.27. The van der Waals surface area contributed by atoms with E-state index in [-0.39, 0.29) is 18.4 Å². The first kappa shape index (κ1) is 13.6. The molecule has 0 saturated heterocycles. The summed E-state index contributed by atoms with van der Waals surface area (Å²) in [4.78, 5) is 12.6. The second-order valence-corrected chi connectivity index (χ2v) is 4.98. The van der Waals surface area contributed by atoms with E-state index < -0.39 is 0 Å². The number of carbonyl (C=O) groups excluding carboxylic acids is 1. The molecule has 0 aromatic heterocycles. The Balaban J connectivity index is 1.96. The van der Waals surface area contributed by atoms with Crippen LogP contribution in [0.25, 0.3) is 0 Å². The van der Waals surface area contributed by atoms with Crippen molar-refractivity contribution in [3.63, 3.8) is 0 Å². The predicted molar refractivity (Wildman–Crippen MR) is 79.5 cm³/mol. The molecule has 4 nitrogen and oxygen atoms in total. The summed E-state index contributed by atoms with van der Waals surface area (Å²) in [6.45, 7) is 0.540. The molecule has 0 spiro atoms. The molecule has 2 N–H and O–H groups in total. The molecule has 21 heavy (non-hydrogen) atoms. The molecule has 0 fully saturated rings. The molecular formula is C17H17NO3. The van der Waals surface area contributed by atoms with Gasteiger partial charge < -0.3 is 15.2 Å². The zero-order chi connectivity index (χ0) is 14.7. The summed E-state index contributed by atoms with van der Waals surface area (Å²) in [6, 6.07) is 15.2. The summed E-state index contributed by atoms with van der Waals surface area (Å²) >= 11 is 0. The summed E-state index contributed by atoms with van der Waals surface area (Å²) in [6.07, 6.45) is 0.554. The van der Waals surface area contributed by atoms with Gasteiger partial charge in [-0.25, -0.2) is 0 Å². The maximum atomic E-state index is 12.6. The van der Waals surface area contributed by atoms with Gasteiger partial charge >= 0.3 is 0 Å². The molecule has 1 aliphatic heterocycles. The van der Waals surface area contributed by atoms with E-state index in [0.29, 0.717) is 13.0 Å². The molecule has 0 unspecified atom stereocenters. The number of para-hydroxylation sites is 2. The minimum absolute atomic E-state index is 0.0633. The van der Waals surface area contributed by atoms with Crippen molar-refractivity contribution >= 4 is 5.91 Å². The van der Waals surface area contributed by atoms with Gasteiger partial charge in [0.05, 0.1) is 5.92 Å². The van der Waals surface area contributed by atoms with Gasteiger partial charge in [-0.05, 0) is 18.6 Å². The van der Waals surface area contributed by atoms with Crippen LogP contribution in [-0.2, 0) is 4.79 Å². The van der Waals surface area contributed by atoms with Crippen LogP contribution in [0, 0.1) is 0 Å². The Labute approximate surface area is 123 Å². The average Bonchev–Trinajstić information content (AvgIpc) is 2.52. The van der Waals surface area contributed by atoms with Crippen molar-refractivity contribution in [2.45, 2.75) is 12.3 Å². The van der Waals surface area contributed by atoms with Gasteiger partial charge in [0.25, 0.3) is 0 Å². The van der Waals surface area contributed by atoms with Crippen LogP contribution in [0.15, 0.2) is 48.5 Å². The number of hydrogen-bond acceptors (Lipinski definition) is 3. The molecule has 1 amide bonds. The van der Waals surface area contributed by atoms with Crippen LogP contribution in [0.4, 0.5) is 0 Å². The third kappa shape index (κ3) is 2.62. The Hall–Kier alpha value is -2.33. The molecule has 108 valence electrons. The highest BCUT2D eigenvalue weighted by Crippen LogP contribution is 2.43. The van der Waals surface area contributed by atoms with Crippen molar-refractivity contribution in [2.75, 3.05) is 13.2 Å². The van der Waals surface area contributed by atoms with E-state index in [2.05, 4.69) is 5.32 Å². The third-order valence-corrected chi connectivity index (χ3v) is 3.58. The number of rotatable bonds is 4. The molecular weight excluding hydrogens is 266 g/mol. The van der Waals surface area contributed by atoms with E-state index in [1.165, 1.54) is 0 Å². The van der Waals surface area contributed by atoms with Gasteiger partial charge in [-0.2, -0.15) is 0 Å². The molecule has 0 saturated carbocycles. The lowest BCUT2D eigenvalue weighted by molar-refractivity contribution is -0.121. The minimum atomic E-state index is -0.371. The van der Waals surface area contributed by atoms with Crippen molar-refractivity contribution in [2.24, 2.45) is 0 Å². The van der Waals surface area contributed by atoms with Crippen LogP contribution >= 0.6 is 0 Å². The van der Waals surface area contributed by atoms with Crippen molar-refractivity contribution in [3.05, 3.63) is 59.7 Å². The zero-order valence-electron chi connectivity index (χ0n) is 11.6. The first-order chi connectivity index (χ1) is 10.3. The molecule has 4 heteroatoms. The fourth-order valence-corrected chi connectivity index (χ4v) is 2.59. The highest BCUT2D eigenvalue weighted by atomic mass is 16.5. The summed E-state index contributed by atoms with van der Waals surface area (Å²) < 4.78 is 5.86. The van der Waals surface area contributed by atoms with Crippen molar-refractivity contribution in [1.29, 1.82) is 0 Å². The standard InChI is InChI=1S/C17H17NO3/c19-11-5-10-18-17(20)16-12-6-1-3-8-14(12)21-15-9-4-2-7-13(15)16/h1-4,6-9,16,19H,5,10-11H2,(H,18,20). The van der Waals surface area contributed by atoms with Crippen LogP contribution in [0.5, 0.6) is 11.5 Å². The number of benzene rings is 2. The van der Waals surface area contributed by atoms with Crippen LogP contribution < -0.4 is 10.1 Å². The predicted octanol–water partition coefficient (Wildman–Crippen LogP) is 2.42. The molecule has 2 aromatic carbocycles. The first-order valence-electron chi connectivity index (χ1n) is 7.05. The molecule has 0 radical (unpaired) electrons. The Morgan fingerprint density at radius 3 is 2.19 bits per heavy atom. The number of ether oxygens (including phenoxy) is 1. The smallest absolute Gasteiger partial charge is 0.232 e. The zero-order valence-corrected chi connectivity index (χ0v) is 11.6. The van der Waals surface area contributed by atoms with E-state index in [1.807, 2.05) is 48.5 Å². The molecule has 3 rings (SSSR count). The summed E-state index contributed by atoms with van der Waals surface area (Å²) in [5.74, 6) is 1.01. The second-order valence-electron chi connectivity index (χ2n) is 4.98. The number of hydrogen-bond donors (Lipinski definition) is 2. The van der Waals surface area contributed by atoms with E-state index in [9.17, 15) is 4.79 Å². The van der Waals surface area contributed by atoms with Gasteiger partial charge in [0.2, 0.25) is 5.91 Å². The first-order valence-corrected chi connectivity index (χ1v) is 7.05. The van der Waals surface area contributed by atoms with Gasteiger partial charge in [0, 0.05) is 24.3 Å². The molecule has 0 atom stereocenters. The summed E-state index contributed by atoms with van der Waals surface area (Å²) in [5, 5.41) is 11.7. The maximum absolute atomic E-state index is 12.6. The number of aliphatic hydroxyl groups is 1. The largest absolute Gasteiger partial charge is 0.457 e. The topological polar surface area (TPSA) is 58.6 Å². The van der Waals surface area contributed by atoms with Crippen LogP contribution in [0.2, 0.25) is 0 Å². The minimum Gasteiger partial charge on any atom is -0.457 e. The van der Waals surface area contributed by atoms with Crippen LogP contribution in [0.1, 0.15) is 23.5 Å². The fraction of sp³-hybridized carbons (Fsp3) is 0.235. The van der Waals surface area contributed by atoms with Gasteiger partial charge in [0.1, 0.15) is 11.5 Å². The van der Waals surface area contributed by atoms with Gasteiger partial charge in [-0.15, -0.1) is 0 Å². The SMILES string of the molecule is O=C(NCCCO)C1c2ccccc2Oc2ccccc21. The third-order valence-electron chi connectivity index (χ3n) is 3.58. The summed E-state index contributed by atoms with van der Waals surface area (Å²) in [7, 11) is 0. The Kier molecular flexibility index (Phi) is 3.88. The Bertz CT molecular complexity index is 608. The van der Waals surface area contributed by atoms with E-state index in [4.69, 9.17) is 9.84 Å². The Morgan fingerprint density at radius 1 is 1.05 bits per heavy atom. The molecule has 1 heterocycles. The van der Waals surface area contributed by atoms with E-state index in [0.717, 1.165) is 22.6 Å². The van der Waals surface area contributed by atoms with Crippen molar-refractivity contribution < 1.29 is 14.6 Å². The number of carbonyl (C=O) groups is 1. The maximum Gasteiger partial charge on any atom is 0.232 e. The summed E-state index contributed by atoms with van der Waals surface area (Å²) in [5.41, 5.74) is 1.75. The van der Waals surface area contributed by atoms with Gasteiger partial charge in [-0.3, -0.25) is 4.79 Å². The number of amides is 1. The normalized spacial score (nSPS) is 13.0. The van der Waals surface area contributed by atoms with E-state index >= 15 is 0 Å². The Morgan fingerprint density at radius 2 is 1.62 bits per heavy atom. The fourth-order valence-electron chi connectivity index (χ4n) is 2.59. The molecule has 1 aliphatic rings. The molecule has 0 aliphatic carbocycles. The van der Waals surface area contributed by atoms with Crippen molar-refractivity contribution in [3.8, 4) is 11.5 Å². The van der Waals surface area contributed by atoms with Crippen LogP contribution in [0.3, 0.4) is 0 Å².